The van der Waals surface area contributed by atoms with Crippen LogP contribution in [0.4, 0.5) is 0 Å². The molecule has 0 N–H and O–H groups in total. The molecule has 4 nitrogen and oxygen atoms in total. The Morgan fingerprint density at radius 3 is 2.84 bits per heavy atom. The molecule has 4 aliphatic carbocycles. The Balaban J connectivity index is 1.49. The van der Waals surface area contributed by atoms with Gasteiger partial charge in [0.2, 0.25) is 5.91 Å². The molecule has 1 unspecified atom stereocenters. The van der Waals surface area contributed by atoms with Crippen molar-refractivity contribution in [3.63, 3.8) is 0 Å². The lowest BCUT2D eigenvalue weighted by atomic mass is 9.47. The van der Waals surface area contributed by atoms with Crippen molar-refractivity contribution in [2.45, 2.75) is 65.2 Å². The normalized spacial score (nSPS) is 42.3. The Kier molecular flexibility index (Phi) is 3.33. The quantitative estimate of drug-likeness (QED) is 0.724. The van der Waals surface area contributed by atoms with Crippen LogP contribution in [0.25, 0.3) is 0 Å². The third-order valence-electron chi connectivity index (χ3n) is 8.40. The molecule has 134 valence electrons. The fourth-order valence-corrected chi connectivity index (χ4v) is 7.25. The summed E-state index contributed by atoms with van der Waals surface area (Å²) in [5, 5.41) is 4.38. The lowest BCUT2D eigenvalue weighted by molar-refractivity contribution is -0.126. The number of carbonyl (C=O) groups is 2. The maximum atomic E-state index is 12.2. The average molecular weight is 340 g/mol. The molecule has 5 rings (SSSR count). The molecule has 4 heteroatoms. The standard InChI is InChI=1S/C21H28N2O2/c1-12(24)23-19-9-14-3-4-16-15-6-8-20(25)17(15)5-7-18(16)21(14,2)10-13(19)11-22-23/h11,14-18H,3-10H2,1-2H3/t14-,15-,16+,17?,18-,21+/m1/s1. The number of Topliss-reactive ketones (excluding diaryl/α,β-unsaturated/α-hetero) is 1. The fraction of sp³-hybridized carbons (Fsp3) is 0.762. The number of hydrogen-bond acceptors (Lipinski definition) is 3. The monoisotopic (exact) mass is 340 g/mol. The molecule has 1 aromatic heterocycles. The molecule has 0 radical (unpaired) electrons. The second-order valence-corrected chi connectivity index (χ2v) is 9.33. The maximum Gasteiger partial charge on any atom is 0.243 e. The van der Waals surface area contributed by atoms with Crippen LogP contribution in [-0.2, 0) is 17.6 Å². The summed E-state index contributed by atoms with van der Waals surface area (Å²) in [6, 6.07) is 0. The van der Waals surface area contributed by atoms with Gasteiger partial charge in [0.15, 0.2) is 0 Å². The van der Waals surface area contributed by atoms with Gasteiger partial charge in [-0.2, -0.15) is 5.10 Å². The summed E-state index contributed by atoms with van der Waals surface area (Å²) < 4.78 is 1.63. The molecular weight excluding hydrogens is 312 g/mol. The van der Waals surface area contributed by atoms with Gasteiger partial charge in [-0.1, -0.05) is 6.92 Å². The van der Waals surface area contributed by atoms with Gasteiger partial charge in [-0.05, 0) is 79.6 Å². The van der Waals surface area contributed by atoms with E-state index in [1.54, 1.807) is 11.6 Å². The van der Waals surface area contributed by atoms with Crippen molar-refractivity contribution in [3.05, 3.63) is 17.5 Å². The van der Waals surface area contributed by atoms with Crippen LogP contribution in [0.1, 0.15) is 68.4 Å². The molecule has 0 spiro atoms. The van der Waals surface area contributed by atoms with E-state index in [1.807, 2.05) is 6.20 Å². The molecule has 0 aliphatic heterocycles. The van der Waals surface area contributed by atoms with Crippen molar-refractivity contribution in [3.8, 4) is 0 Å². The van der Waals surface area contributed by atoms with E-state index in [-0.39, 0.29) is 5.91 Å². The zero-order chi connectivity index (χ0) is 17.3. The van der Waals surface area contributed by atoms with Gasteiger partial charge in [0, 0.05) is 19.3 Å². The Labute approximate surface area is 149 Å². The number of fused-ring (bicyclic) bond motifs is 6. The predicted molar refractivity (Wildman–Crippen MR) is 94.2 cm³/mol. The molecule has 0 aromatic carbocycles. The summed E-state index contributed by atoms with van der Waals surface area (Å²) in [5.41, 5.74) is 2.77. The van der Waals surface area contributed by atoms with E-state index in [0.29, 0.717) is 29.0 Å². The second-order valence-electron chi connectivity index (χ2n) is 9.33. The summed E-state index contributed by atoms with van der Waals surface area (Å²) in [4.78, 5) is 24.1. The van der Waals surface area contributed by atoms with Crippen LogP contribution in [0.3, 0.4) is 0 Å². The maximum absolute atomic E-state index is 12.2. The third kappa shape index (κ3) is 2.09. The molecule has 3 saturated carbocycles. The summed E-state index contributed by atoms with van der Waals surface area (Å²) in [6.45, 7) is 4.11. The first-order valence-electron chi connectivity index (χ1n) is 10.1. The second kappa shape index (κ2) is 5.28. The van der Waals surface area contributed by atoms with Crippen molar-refractivity contribution in [1.29, 1.82) is 0 Å². The minimum Gasteiger partial charge on any atom is -0.299 e. The van der Waals surface area contributed by atoms with Crippen LogP contribution in [0, 0.1) is 35.0 Å². The van der Waals surface area contributed by atoms with Crippen LogP contribution < -0.4 is 0 Å². The highest BCUT2D eigenvalue weighted by atomic mass is 16.2. The minimum absolute atomic E-state index is 0.0310. The summed E-state index contributed by atoms with van der Waals surface area (Å²) in [6.07, 6.45) is 10.8. The summed E-state index contributed by atoms with van der Waals surface area (Å²) >= 11 is 0. The van der Waals surface area contributed by atoms with Crippen LogP contribution in [0.15, 0.2) is 6.20 Å². The van der Waals surface area contributed by atoms with Gasteiger partial charge in [0.1, 0.15) is 5.78 Å². The van der Waals surface area contributed by atoms with E-state index in [1.165, 1.54) is 24.8 Å². The zero-order valence-corrected chi connectivity index (χ0v) is 15.3. The van der Waals surface area contributed by atoms with Crippen molar-refractivity contribution in [1.82, 2.24) is 9.78 Å². The largest absolute Gasteiger partial charge is 0.299 e. The summed E-state index contributed by atoms with van der Waals surface area (Å²) in [5.74, 6) is 3.76. The van der Waals surface area contributed by atoms with E-state index in [9.17, 15) is 9.59 Å². The fourth-order valence-electron chi connectivity index (χ4n) is 7.25. The van der Waals surface area contributed by atoms with Crippen LogP contribution in [0.2, 0.25) is 0 Å². The lowest BCUT2D eigenvalue weighted by Gasteiger charge is -2.57. The van der Waals surface area contributed by atoms with Gasteiger partial charge < -0.3 is 0 Å². The van der Waals surface area contributed by atoms with Crippen molar-refractivity contribution in [2.24, 2.45) is 35.0 Å². The highest BCUT2D eigenvalue weighted by Gasteiger charge is 2.56. The predicted octanol–water partition coefficient (Wildman–Crippen LogP) is 3.68. The van der Waals surface area contributed by atoms with E-state index >= 15 is 0 Å². The molecule has 1 heterocycles. The molecule has 1 aromatic rings. The molecule has 25 heavy (non-hydrogen) atoms. The first kappa shape index (κ1) is 15.8. The topological polar surface area (TPSA) is 52.0 Å². The molecule has 0 saturated heterocycles. The lowest BCUT2D eigenvalue weighted by Crippen LogP contribution is -2.52. The number of hydrogen-bond donors (Lipinski definition) is 0. The first-order valence-corrected chi connectivity index (χ1v) is 10.1. The van der Waals surface area contributed by atoms with Crippen molar-refractivity contribution >= 4 is 11.7 Å². The van der Waals surface area contributed by atoms with Gasteiger partial charge in [0.05, 0.1) is 11.9 Å². The van der Waals surface area contributed by atoms with E-state index in [2.05, 4.69) is 12.0 Å². The number of carbonyl (C=O) groups excluding carboxylic acids is 2. The molecule has 0 amide bonds. The van der Waals surface area contributed by atoms with Crippen molar-refractivity contribution < 1.29 is 9.59 Å². The summed E-state index contributed by atoms with van der Waals surface area (Å²) in [7, 11) is 0. The highest BCUT2D eigenvalue weighted by Crippen LogP contribution is 2.61. The minimum atomic E-state index is 0.0310. The van der Waals surface area contributed by atoms with E-state index in [4.69, 9.17) is 0 Å². The number of ketones is 1. The molecule has 0 bridgehead atoms. The van der Waals surface area contributed by atoms with Gasteiger partial charge in [-0.25, -0.2) is 4.68 Å². The molecular formula is C21H28N2O2. The molecule has 3 fully saturated rings. The third-order valence-corrected chi connectivity index (χ3v) is 8.40. The Hall–Kier alpha value is -1.45. The van der Waals surface area contributed by atoms with Crippen molar-refractivity contribution in [2.75, 3.05) is 0 Å². The Morgan fingerprint density at radius 2 is 2.04 bits per heavy atom. The van der Waals surface area contributed by atoms with Crippen LogP contribution in [-0.4, -0.2) is 21.5 Å². The number of nitrogens with zero attached hydrogens (tertiary/aromatic N) is 2. The Bertz CT molecular complexity index is 751. The Morgan fingerprint density at radius 1 is 1.20 bits per heavy atom. The molecule has 4 aliphatic rings. The van der Waals surface area contributed by atoms with Gasteiger partial charge in [-0.15, -0.1) is 0 Å². The zero-order valence-electron chi connectivity index (χ0n) is 15.3. The molecule has 6 atom stereocenters. The van der Waals surface area contributed by atoms with Crippen LogP contribution in [0.5, 0.6) is 0 Å². The van der Waals surface area contributed by atoms with E-state index in [0.717, 1.165) is 49.6 Å². The first-order chi connectivity index (χ1) is 12.0. The van der Waals surface area contributed by atoms with Gasteiger partial charge in [0.25, 0.3) is 0 Å². The average Bonchev–Trinajstić information content (AvgIpc) is 3.16. The number of rotatable bonds is 0. The highest BCUT2D eigenvalue weighted by molar-refractivity contribution is 5.83. The van der Waals surface area contributed by atoms with Gasteiger partial charge in [-0.3, -0.25) is 9.59 Å². The smallest absolute Gasteiger partial charge is 0.243 e. The van der Waals surface area contributed by atoms with E-state index < -0.39 is 0 Å². The van der Waals surface area contributed by atoms with Crippen LogP contribution >= 0.6 is 0 Å². The SMILES string of the molecule is CC(=O)n1ncc2c1C[C@H]1CC[C@@H]3[C@@H](CCC4C(=O)CC[C@@H]43)[C@@]1(C)C2. The number of aromatic nitrogens is 2. The van der Waals surface area contributed by atoms with Gasteiger partial charge >= 0.3 is 0 Å².